The van der Waals surface area contributed by atoms with Crippen molar-refractivity contribution in [3.8, 4) is 0 Å². The highest BCUT2D eigenvalue weighted by Crippen LogP contribution is 2.28. The molecule has 0 saturated carbocycles. The fourth-order valence-electron chi connectivity index (χ4n) is 2.95. The normalized spacial score (nSPS) is 11.9. The average molecular weight is 433 g/mol. The van der Waals surface area contributed by atoms with Gasteiger partial charge in [-0.2, -0.15) is 5.06 Å². The van der Waals surface area contributed by atoms with Gasteiger partial charge >= 0.3 is 6.09 Å². The maximum atomic E-state index is 12.8. The number of carbonyl (C=O) groups excluding carboxylic acids is 1. The van der Waals surface area contributed by atoms with Gasteiger partial charge in [-0.25, -0.2) is 14.2 Å². The highest BCUT2D eigenvalue weighted by atomic mass is 19.1. The Hall–Kier alpha value is -2.75. The number of aromatic nitrogens is 2. The summed E-state index contributed by atoms with van der Waals surface area (Å²) in [7, 11) is 0. The number of rotatable bonds is 10. The second kappa shape index (κ2) is 10.5. The minimum Gasteiger partial charge on any atom is -0.442 e. The predicted molar refractivity (Wildman–Crippen MR) is 116 cm³/mol. The van der Waals surface area contributed by atoms with Gasteiger partial charge in [-0.15, -0.1) is 0 Å². The van der Waals surface area contributed by atoms with Crippen LogP contribution in [0.15, 0.2) is 36.5 Å². The third kappa shape index (κ3) is 6.36. The molecular formula is C22H28FN3O5. The lowest BCUT2D eigenvalue weighted by molar-refractivity contribution is -0.00633. The van der Waals surface area contributed by atoms with Crippen LogP contribution in [0.4, 0.5) is 14.9 Å². The summed E-state index contributed by atoms with van der Waals surface area (Å²) in [6.07, 6.45) is 1.09. The van der Waals surface area contributed by atoms with Crippen LogP contribution in [0, 0.1) is 0 Å². The van der Waals surface area contributed by atoms with Crippen LogP contribution in [0.3, 0.4) is 0 Å². The Morgan fingerprint density at radius 2 is 1.81 bits per heavy atom. The number of hydroxylamine groups is 1. The SMILES string of the molecule is CC(C)(C)OC(=O)N(OCCOCCOCCF)c1ccc2c(c1)[nH]c1ncccc12. The van der Waals surface area contributed by atoms with Crippen LogP contribution in [0.25, 0.3) is 21.9 Å². The van der Waals surface area contributed by atoms with Crippen LogP contribution < -0.4 is 5.06 Å². The zero-order valence-corrected chi connectivity index (χ0v) is 18.0. The topological polar surface area (TPSA) is 85.9 Å². The van der Waals surface area contributed by atoms with Gasteiger partial charge in [-0.1, -0.05) is 0 Å². The molecule has 3 rings (SSSR count). The molecule has 0 bridgehead atoms. The van der Waals surface area contributed by atoms with E-state index in [0.717, 1.165) is 27.0 Å². The number of hydrogen-bond acceptors (Lipinski definition) is 6. The molecule has 31 heavy (non-hydrogen) atoms. The number of anilines is 1. The molecule has 1 aromatic carbocycles. The number of pyridine rings is 1. The molecule has 3 aromatic rings. The lowest BCUT2D eigenvalue weighted by atomic mass is 10.2. The summed E-state index contributed by atoms with van der Waals surface area (Å²) in [6, 6.07) is 9.37. The fraction of sp³-hybridized carbons (Fsp3) is 0.455. The molecule has 0 saturated heterocycles. The van der Waals surface area contributed by atoms with E-state index < -0.39 is 18.4 Å². The minimum atomic E-state index is -0.682. The van der Waals surface area contributed by atoms with Gasteiger partial charge in [0.25, 0.3) is 0 Å². The maximum Gasteiger partial charge on any atom is 0.439 e. The highest BCUT2D eigenvalue weighted by Gasteiger charge is 2.25. The first-order valence-electron chi connectivity index (χ1n) is 10.1. The number of nitrogens with zero attached hydrogens (tertiary/aromatic N) is 2. The molecule has 0 spiro atoms. The van der Waals surface area contributed by atoms with Gasteiger partial charge in [0.2, 0.25) is 0 Å². The van der Waals surface area contributed by atoms with Crippen LogP contribution in [0.1, 0.15) is 20.8 Å². The molecule has 0 radical (unpaired) electrons. The minimum absolute atomic E-state index is 0.0536. The molecule has 8 nitrogen and oxygen atoms in total. The van der Waals surface area contributed by atoms with E-state index in [4.69, 9.17) is 19.0 Å². The number of aromatic amines is 1. The first-order chi connectivity index (χ1) is 14.9. The van der Waals surface area contributed by atoms with E-state index in [1.54, 1.807) is 33.0 Å². The second-order valence-electron chi connectivity index (χ2n) is 7.78. The molecule has 1 N–H and O–H groups in total. The van der Waals surface area contributed by atoms with Gasteiger partial charge < -0.3 is 19.2 Å². The van der Waals surface area contributed by atoms with Crippen molar-refractivity contribution in [1.82, 2.24) is 9.97 Å². The first kappa shape index (κ1) is 22.9. The number of ether oxygens (including phenoxy) is 3. The van der Waals surface area contributed by atoms with E-state index in [-0.39, 0.29) is 19.8 Å². The van der Waals surface area contributed by atoms with Crippen molar-refractivity contribution in [2.24, 2.45) is 0 Å². The summed E-state index contributed by atoms with van der Waals surface area (Å²) >= 11 is 0. The van der Waals surface area contributed by atoms with E-state index in [2.05, 4.69) is 9.97 Å². The van der Waals surface area contributed by atoms with E-state index in [0.29, 0.717) is 18.9 Å². The van der Waals surface area contributed by atoms with Crippen LogP contribution in [-0.2, 0) is 19.0 Å². The monoisotopic (exact) mass is 433 g/mol. The molecule has 0 aliphatic rings. The Morgan fingerprint density at radius 3 is 2.55 bits per heavy atom. The smallest absolute Gasteiger partial charge is 0.439 e. The largest absolute Gasteiger partial charge is 0.442 e. The van der Waals surface area contributed by atoms with Crippen molar-refractivity contribution < 1.29 is 28.2 Å². The van der Waals surface area contributed by atoms with Gasteiger partial charge in [0.1, 0.15) is 17.9 Å². The van der Waals surface area contributed by atoms with Crippen LogP contribution >= 0.6 is 0 Å². The molecule has 0 fully saturated rings. The summed E-state index contributed by atoms with van der Waals surface area (Å²) in [5.41, 5.74) is 1.42. The van der Waals surface area contributed by atoms with Crippen molar-refractivity contribution >= 4 is 33.7 Å². The molecule has 0 atom stereocenters. The Morgan fingerprint density at radius 1 is 1.06 bits per heavy atom. The van der Waals surface area contributed by atoms with Crippen LogP contribution in [0.5, 0.6) is 0 Å². The van der Waals surface area contributed by atoms with Crippen LogP contribution in [0.2, 0.25) is 0 Å². The molecule has 9 heteroatoms. The number of alkyl halides is 1. The number of benzene rings is 1. The van der Waals surface area contributed by atoms with Crippen molar-refractivity contribution in [2.75, 3.05) is 44.8 Å². The van der Waals surface area contributed by atoms with Gasteiger partial charge in [0.15, 0.2) is 0 Å². The van der Waals surface area contributed by atoms with E-state index in [1.165, 1.54) is 0 Å². The fourth-order valence-corrected chi connectivity index (χ4v) is 2.95. The molecule has 168 valence electrons. The molecule has 0 unspecified atom stereocenters. The first-order valence-corrected chi connectivity index (χ1v) is 10.1. The van der Waals surface area contributed by atoms with Crippen molar-refractivity contribution in [3.05, 3.63) is 36.5 Å². The molecule has 0 aliphatic carbocycles. The lowest BCUT2D eigenvalue weighted by Gasteiger charge is -2.26. The Balaban J connectivity index is 1.71. The number of nitrogens with one attached hydrogen (secondary N) is 1. The van der Waals surface area contributed by atoms with E-state index in [9.17, 15) is 9.18 Å². The third-order valence-corrected chi connectivity index (χ3v) is 4.19. The van der Waals surface area contributed by atoms with Crippen molar-refractivity contribution in [2.45, 2.75) is 26.4 Å². The van der Waals surface area contributed by atoms with Crippen molar-refractivity contribution in [3.63, 3.8) is 0 Å². The molecule has 1 amide bonds. The second-order valence-corrected chi connectivity index (χ2v) is 7.78. The number of H-pyrrole nitrogens is 1. The zero-order chi connectivity index (χ0) is 22.3. The lowest BCUT2D eigenvalue weighted by Crippen LogP contribution is -2.37. The zero-order valence-electron chi connectivity index (χ0n) is 18.0. The van der Waals surface area contributed by atoms with Crippen molar-refractivity contribution in [1.29, 1.82) is 0 Å². The van der Waals surface area contributed by atoms with E-state index in [1.807, 2.05) is 24.3 Å². The summed E-state index contributed by atoms with van der Waals surface area (Å²) < 4.78 is 27.9. The maximum absolute atomic E-state index is 12.8. The number of fused-ring (bicyclic) bond motifs is 3. The highest BCUT2D eigenvalue weighted by molar-refractivity contribution is 6.07. The molecular weight excluding hydrogens is 405 g/mol. The van der Waals surface area contributed by atoms with E-state index >= 15 is 0 Å². The van der Waals surface area contributed by atoms with Gasteiger partial charge in [0, 0.05) is 22.5 Å². The van der Waals surface area contributed by atoms with Gasteiger partial charge in [-0.3, -0.25) is 4.84 Å². The standard InChI is InChI=1S/C22H28FN3O5/c1-22(2,3)31-21(27)26(30-14-13-29-12-11-28-10-8-23)16-6-7-17-18-5-4-9-24-20(18)25-19(17)15-16/h4-7,9,15H,8,10-14H2,1-3H3,(H,24,25). The third-order valence-electron chi connectivity index (χ3n) is 4.19. The Kier molecular flexibility index (Phi) is 7.78. The number of halogens is 1. The number of carbonyl (C=O) groups is 1. The molecule has 2 heterocycles. The number of hydrogen-bond donors (Lipinski definition) is 1. The van der Waals surface area contributed by atoms with Gasteiger partial charge in [-0.05, 0) is 51.1 Å². The molecule has 0 aliphatic heterocycles. The summed E-state index contributed by atoms with van der Waals surface area (Å²) in [4.78, 5) is 26.0. The summed E-state index contributed by atoms with van der Waals surface area (Å²) in [5, 5.41) is 3.11. The average Bonchev–Trinajstić information content (AvgIpc) is 3.09. The van der Waals surface area contributed by atoms with Gasteiger partial charge in [0.05, 0.1) is 38.7 Å². The quantitative estimate of drug-likeness (QED) is 0.377. The number of amides is 1. The molecule has 2 aromatic heterocycles. The summed E-state index contributed by atoms with van der Waals surface area (Å²) in [6.45, 7) is 5.85. The predicted octanol–water partition coefficient (Wildman–Crippen LogP) is 4.39. The summed E-state index contributed by atoms with van der Waals surface area (Å²) in [5.74, 6) is 0. The Bertz CT molecular complexity index is 1000. The Labute approximate surface area is 180 Å². The van der Waals surface area contributed by atoms with Crippen LogP contribution in [-0.4, -0.2) is 61.4 Å².